The second kappa shape index (κ2) is 4.74. The van der Waals surface area contributed by atoms with E-state index >= 15 is 0 Å². The molecule has 3 aromatic carbocycles. The summed E-state index contributed by atoms with van der Waals surface area (Å²) in [5.41, 5.74) is 3.76. The van der Waals surface area contributed by atoms with E-state index in [1.807, 2.05) is 42.5 Å². The lowest BCUT2D eigenvalue weighted by atomic mass is 10.1. The Hall–Kier alpha value is -3.07. The van der Waals surface area contributed by atoms with Crippen LogP contribution in [0.4, 0.5) is 0 Å². The third-order valence-corrected chi connectivity index (χ3v) is 3.94. The third-order valence-electron chi connectivity index (χ3n) is 3.94. The molecular formula is C19H13NO2. The Morgan fingerprint density at radius 2 is 1.55 bits per heavy atom. The topological polar surface area (TPSA) is 42.2 Å². The summed E-state index contributed by atoms with van der Waals surface area (Å²) in [7, 11) is 0. The van der Waals surface area contributed by atoms with Crippen LogP contribution in [0.5, 0.6) is 5.75 Å². The van der Waals surface area contributed by atoms with Gasteiger partial charge in [0.15, 0.2) is 0 Å². The largest absolute Gasteiger partial charge is 0.508 e. The molecule has 3 heteroatoms. The van der Waals surface area contributed by atoms with Gasteiger partial charge in [-0.1, -0.05) is 18.2 Å². The number of rotatable bonds is 2. The fourth-order valence-corrected chi connectivity index (χ4v) is 2.94. The summed E-state index contributed by atoms with van der Waals surface area (Å²) in [6.07, 6.45) is 0.867. The van der Waals surface area contributed by atoms with E-state index in [1.54, 1.807) is 12.1 Å². The van der Waals surface area contributed by atoms with Crippen LogP contribution in [-0.4, -0.2) is 16.0 Å². The summed E-state index contributed by atoms with van der Waals surface area (Å²) >= 11 is 0. The molecule has 0 saturated heterocycles. The highest BCUT2D eigenvalue weighted by Gasteiger charge is 2.12. The van der Waals surface area contributed by atoms with Crippen LogP contribution in [0.1, 0.15) is 10.4 Å². The molecule has 4 aromatic rings. The van der Waals surface area contributed by atoms with Crippen LogP contribution < -0.4 is 0 Å². The molecule has 3 nitrogen and oxygen atoms in total. The van der Waals surface area contributed by atoms with Crippen molar-refractivity contribution in [3.8, 4) is 11.4 Å². The predicted molar refractivity (Wildman–Crippen MR) is 87.8 cm³/mol. The smallest absolute Gasteiger partial charge is 0.150 e. The summed E-state index contributed by atoms with van der Waals surface area (Å²) in [4.78, 5) is 11.1. The Kier molecular flexibility index (Phi) is 2.73. The molecule has 4 rings (SSSR count). The van der Waals surface area contributed by atoms with E-state index in [0.29, 0.717) is 5.56 Å². The minimum Gasteiger partial charge on any atom is -0.508 e. The van der Waals surface area contributed by atoms with Crippen LogP contribution >= 0.6 is 0 Å². The minimum atomic E-state index is 0.243. The van der Waals surface area contributed by atoms with Crippen LogP contribution in [0.15, 0.2) is 66.7 Å². The van der Waals surface area contributed by atoms with E-state index in [2.05, 4.69) is 16.7 Å². The van der Waals surface area contributed by atoms with Gasteiger partial charge in [0.25, 0.3) is 0 Å². The van der Waals surface area contributed by atoms with Gasteiger partial charge in [-0.3, -0.25) is 4.79 Å². The zero-order valence-electron chi connectivity index (χ0n) is 11.7. The fourth-order valence-electron chi connectivity index (χ4n) is 2.94. The highest BCUT2D eigenvalue weighted by molar-refractivity contribution is 6.10. The Bertz CT molecular complexity index is 997. The number of aromatic nitrogens is 1. The van der Waals surface area contributed by atoms with Crippen LogP contribution in [0, 0.1) is 0 Å². The van der Waals surface area contributed by atoms with Gasteiger partial charge >= 0.3 is 0 Å². The quantitative estimate of drug-likeness (QED) is 0.558. The van der Waals surface area contributed by atoms with Gasteiger partial charge < -0.3 is 9.67 Å². The van der Waals surface area contributed by atoms with Gasteiger partial charge in [0.2, 0.25) is 0 Å². The third kappa shape index (κ3) is 1.79. The molecule has 1 aromatic heterocycles. The van der Waals surface area contributed by atoms with E-state index in [9.17, 15) is 9.90 Å². The number of hydrogen-bond acceptors (Lipinski definition) is 2. The number of phenols is 1. The van der Waals surface area contributed by atoms with Gasteiger partial charge in [0, 0.05) is 22.0 Å². The molecule has 0 radical (unpaired) electrons. The Labute approximate surface area is 127 Å². The van der Waals surface area contributed by atoms with E-state index < -0.39 is 0 Å². The fraction of sp³-hybridized carbons (Fsp3) is 0. The van der Waals surface area contributed by atoms with Gasteiger partial charge in [0.1, 0.15) is 12.0 Å². The van der Waals surface area contributed by atoms with Gasteiger partial charge in [-0.15, -0.1) is 0 Å². The van der Waals surface area contributed by atoms with Gasteiger partial charge in [-0.05, 0) is 48.5 Å². The first-order valence-electron chi connectivity index (χ1n) is 7.06. The van der Waals surface area contributed by atoms with Crippen molar-refractivity contribution in [3.63, 3.8) is 0 Å². The molecule has 0 atom stereocenters. The Balaban J connectivity index is 2.15. The molecule has 0 saturated carbocycles. The number of nitrogens with zero attached hydrogens (tertiary/aromatic N) is 1. The summed E-state index contributed by atoms with van der Waals surface area (Å²) in [6, 6.07) is 20.9. The zero-order valence-corrected chi connectivity index (χ0v) is 11.7. The van der Waals surface area contributed by atoms with Gasteiger partial charge in [-0.25, -0.2) is 0 Å². The average Bonchev–Trinajstić information content (AvgIpc) is 2.89. The highest BCUT2D eigenvalue weighted by Crippen LogP contribution is 2.32. The van der Waals surface area contributed by atoms with Crippen molar-refractivity contribution in [2.45, 2.75) is 0 Å². The van der Waals surface area contributed by atoms with Crippen molar-refractivity contribution in [1.29, 1.82) is 0 Å². The van der Waals surface area contributed by atoms with Crippen LogP contribution in [-0.2, 0) is 0 Å². The lowest BCUT2D eigenvalue weighted by Gasteiger charge is -2.07. The summed E-state index contributed by atoms with van der Waals surface area (Å²) < 4.78 is 2.14. The minimum absolute atomic E-state index is 0.243. The van der Waals surface area contributed by atoms with E-state index in [0.717, 1.165) is 33.8 Å². The van der Waals surface area contributed by atoms with E-state index in [4.69, 9.17) is 0 Å². The lowest BCUT2D eigenvalue weighted by Crippen LogP contribution is -1.93. The summed E-state index contributed by atoms with van der Waals surface area (Å²) in [6.45, 7) is 0. The number of carbonyl (C=O) groups is 1. The summed E-state index contributed by atoms with van der Waals surface area (Å²) in [5.74, 6) is 0.243. The lowest BCUT2D eigenvalue weighted by molar-refractivity contribution is 0.112. The molecule has 0 bridgehead atoms. The molecule has 0 unspecified atom stereocenters. The first kappa shape index (κ1) is 12.7. The first-order valence-corrected chi connectivity index (χ1v) is 7.06. The van der Waals surface area contributed by atoms with Crippen LogP contribution in [0.25, 0.3) is 27.5 Å². The number of para-hydroxylation sites is 1. The predicted octanol–water partition coefficient (Wildman–Crippen LogP) is 4.30. The number of aldehydes is 1. The average molecular weight is 287 g/mol. The molecule has 0 aliphatic carbocycles. The maximum atomic E-state index is 11.1. The van der Waals surface area contributed by atoms with Crippen LogP contribution in [0.3, 0.4) is 0 Å². The van der Waals surface area contributed by atoms with Crippen molar-refractivity contribution < 1.29 is 9.90 Å². The molecule has 1 heterocycles. The maximum Gasteiger partial charge on any atom is 0.150 e. The number of aromatic hydroxyl groups is 1. The Morgan fingerprint density at radius 1 is 0.818 bits per heavy atom. The first-order chi connectivity index (χ1) is 10.8. The molecule has 1 N–H and O–H groups in total. The molecular weight excluding hydrogens is 274 g/mol. The molecule has 106 valence electrons. The van der Waals surface area contributed by atoms with Gasteiger partial charge in [0.05, 0.1) is 11.0 Å². The van der Waals surface area contributed by atoms with E-state index in [1.165, 1.54) is 0 Å². The van der Waals surface area contributed by atoms with Crippen molar-refractivity contribution >= 4 is 28.1 Å². The molecule has 0 aliphatic rings. The molecule has 0 spiro atoms. The zero-order chi connectivity index (χ0) is 15.1. The second-order valence-electron chi connectivity index (χ2n) is 5.26. The van der Waals surface area contributed by atoms with E-state index in [-0.39, 0.29) is 5.75 Å². The molecule has 0 amide bonds. The molecule has 22 heavy (non-hydrogen) atoms. The van der Waals surface area contributed by atoms with Crippen molar-refractivity contribution in [1.82, 2.24) is 4.57 Å². The molecule has 0 fully saturated rings. The van der Waals surface area contributed by atoms with Crippen molar-refractivity contribution in [3.05, 3.63) is 72.3 Å². The monoisotopic (exact) mass is 287 g/mol. The van der Waals surface area contributed by atoms with Crippen molar-refractivity contribution in [2.24, 2.45) is 0 Å². The molecule has 0 aliphatic heterocycles. The number of fused-ring (bicyclic) bond motifs is 3. The van der Waals surface area contributed by atoms with Crippen molar-refractivity contribution in [2.75, 3.05) is 0 Å². The standard InChI is InChI=1S/C19H13NO2/c21-12-13-5-10-19-17(11-13)16-3-1-2-4-18(16)20(19)14-6-8-15(22)9-7-14/h1-12,22H. The Morgan fingerprint density at radius 3 is 2.32 bits per heavy atom. The van der Waals surface area contributed by atoms with Crippen LogP contribution in [0.2, 0.25) is 0 Å². The second-order valence-corrected chi connectivity index (χ2v) is 5.26. The number of phenolic OH excluding ortho intramolecular Hbond substituents is 1. The SMILES string of the molecule is O=Cc1ccc2c(c1)c1ccccc1n2-c1ccc(O)cc1. The number of hydrogen-bond donors (Lipinski definition) is 1. The highest BCUT2D eigenvalue weighted by atomic mass is 16.3. The maximum absolute atomic E-state index is 11.1. The van der Waals surface area contributed by atoms with Gasteiger partial charge in [-0.2, -0.15) is 0 Å². The number of carbonyl (C=O) groups excluding carboxylic acids is 1. The normalized spacial score (nSPS) is 11.1. The summed E-state index contributed by atoms with van der Waals surface area (Å²) in [5, 5.41) is 11.7. The number of benzene rings is 3.